The van der Waals surface area contributed by atoms with E-state index in [4.69, 9.17) is 16.3 Å². The van der Waals surface area contributed by atoms with E-state index in [9.17, 15) is 9.59 Å². The Morgan fingerprint density at radius 2 is 2.29 bits per heavy atom. The number of halogens is 2. The standard InChI is InChI=1S/C14H16ClIN2O3/c1-2-17-13(19)12-8-21-6-5-18(12)14(20)9-3-4-11(16)10(15)7-9/h3-4,7,12H,2,5-6,8H2,1H3,(H,17,19). The Balaban J connectivity index is 2.21. The second kappa shape index (κ2) is 7.42. The van der Waals surface area contributed by atoms with Crippen molar-refractivity contribution in [1.82, 2.24) is 10.2 Å². The predicted molar refractivity (Wildman–Crippen MR) is 88.5 cm³/mol. The van der Waals surface area contributed by atoms with Crippen molar-refractivity contribution in [2.75, 3.05) is 26.3 Å². The fraction of sp³-hybridized carbons (Fsp3) is 0.429. The van der Waals surface area contributed by atoms with E-state index in [1.807, 2.05) is 6.92 Å². The van der Waals surface area contributed by atoms with Crippen molar-refractivity contribution in [3.63, 3.8) is 0 Å². The number of hydrogen-bond acceptors (Lipinski definition) is 3. The maximum Gasteiger partial charge on any atom is 0.254 e. The molecule has 0 saturated carbocycles. The molecule has 114 valence electrons. The van der Waals surface area contributed by atoms with Crippen LogP contribution in [0.15, 0.2) is 18.2 Å². The van der Waals surface area contributed by atoms with Crippen LogP contribution in [0.1, 0.15) is 17.3 Å². The summed E-state index contributed by atoms with van der Waals surface area (Å²) in [6.45, 7) is 3.40. The van der Waals surface area contributed by atoms with Gasteiger partial charge in [0.15, 0.2) is 0 Å². The smallest absolute Gasteiger partial charge is 0.254 e. The summed E-state index contributed by atoms with van der Waals surface area (Å²) in [4.78, 5) is 26.2. The molecule has 7 heteroatoms. The summed E-state index contributed by atoms with van der Waals surface area (Å²) in [5.41, 5.74) is 0.483. The second-order valence-electron chi connectivity index (χ2n) is 4.61. The monoisotopic (exact) mass is 422 g/mol. The van der Waals surface area contributed by atoms with Crippen LogP contribution in [0.25, 0.3) is 0 Å². The summed E-state index contributed by atoms with van der Waals surface area (Å²) in [5, 5.41) is 3.26. The summed E-state index contributed by atoms with van der Waals surface area (Å²) in [6.07, 6.45) is 0. The number of carbonyl (C=O) groups is 2. The lowest BCUT2D eigenvalue weighted by Gasteiger charge is -2.34. The fourth-order valence-corrected chi connectivity index (χ4v) is 2.67. The van der Waals surface area contributed by atoms with Crippen LogP contribution in [-0.4, -0.2) is 49.1 Å². The molecule has 21 heavy (non-hydrogen) atoms. The van der Waals surface area contributed by atoms with Crippen molar-refractivity contribution in [2.45, 2.75) is 13.0 Å². The first kappa shape index (κ1) is 16.5. The maximum atomic E-state index is 12.6. The zero-order valence-corrected chi connectivity index (χ0v) is 14.5. The predicted octanol–water partition coefficient (Wildman–Crippen LogP) is 1.92. The molecule has 1 unspecified atom stereocenters. The van der Waals surface area contributed by atoms with Gasteiger partial charge in [0.1, 0.15) is 6.04 Å². The van der Waals surface area contributed by atoms with E-state index >= 15 is 0 Å². The number of rotatable bonds is 3. The molecule has 1 heterocycles. The summed E-state index contributed by atoms with van der Waals surface area (Å²) in [7, 11) is 0. The first-order chi connectivity index (χ1) is 10.0. The van der Waals surface area contributed by atoms with Crippen LogP contribution in [0.5, 0.6) is 0 Å². The average molecular weight is 423 g/mol. The molecule has 0 radical (unpaired) electrons. The molecular weight excluding hydrogens is 407 g/mol. The van der Waals surface area contributed by atoms with Gasteiger partial charge in [-0.1, -0.05) is 11.6 Å². The van der Waals surface area contributed by atoms with Crippen molar-refractivity contribution in [2.24, 2.45) is 0 Å². The Morgan fingerprint density at radius 1 is 1.52 bits per heavy atom. The minimum atomic E-state index is -0.593. The first-order valence-corrected chi connectivity index (χ1v) is 8.11. The number of ether oxygens (including phenoxy) is 1. The number of nitrogens with one attached hydrogen (secondary N) is 1. The van der Waals surface area contributed by atoms with Crippen LogP contribution in [-0.2, 0) is 9.53 Å². The lowest BCUT2D eigenvalue weighted by Crippen LogP contribution is -2.55. The summed E-state index contributed by atoms with van der Waals surface area (Å²) >= 11 is 8.17. The highest BCUT2D eigenvalue weighted by molar-refractivity contribution is 14.1. The van der Waals surface area contributed by atoms with Gasteiger partial charge in [-0.25, -0.2) is 0 Å². The third-order valence-corrected chi connectivity index (χ3v) is 4.78. The molecule has 0 bridgehead atoms. The number of benzene rings is 1. The number of morpholine rings is 1. The Bertz CT molecular complexity index is 553. The summed E-state index contributed by atoms with van der Waals surface area (Å²) < 4.78 is 6.21. The molecule has 1 aliphatic rings. The molecule has 1 aliphatic heterocycles. The van der Waals surface area contributed by atoms with Crippen molar-refractivity contribution < 1.29 is 14.3 Å². The van der Waals surface area contributed by atoms with Gasteiger partial charge < -0.3 is 15.0 Å². The first-order valence-electron chi connectivity index (χ1n) is 6.66. The van der Waals surface area contributed by atoms with Crippen molar-refractivity contribution in [3.8, 4) is 0 Å². The van der Waals surface area contributed by atoms with E-state index in [0.717, 1.165) is 3.57 Å². The highest BCUT2D eigenvalue weighted by Gasteiger charge is 2.33. The zero-order chi connectivity index (χ0) is 15.4. The number of nitrogens with zero attached hydrogens (tertiary/aromatic N) is 1. The molecule has 5 nitrogen and oxygen atoms in total. The van der Waals surface area contributed by atoms with Crippen molar-refractivity contribution >= 4 is 46.0 Å². The number of amides is 2. The van der Waals surface area contributed by atoms with E-state index in [0.29, 0.717) is 30.3 Å². The largest absolute Gasteiger partial charge is 0.377 e. The Kier molecular flexibility index (Phi) is 5.83. The van der Waals surface area contributed by atoms with E-state index in [2.05, 4.69) is 27.9 Å². The molecule has 2 rings (SSSR count). The molecule has 2 amide bonds. The van der Waals surface area contributed by atoms with Gasteiger partial charge in [-0.2, -0.15) is 0 Å². The maximum absolute atomic E-state index is 12.6. The molecular formula is C14H16ClIN2O3. The van der Waals surface area contributed by atoms with E-state index < -0.39 is 6.04 Å². The third-order valence-electron chi connectivity index (χ3n) is 3.21. The fourth-order valence-electron chi connectivity index (χ4n) is 2.15. The molecule has 1 aromatic carbocycles. The van der Waals surface area contributed by atoms with Gasteiger partial charge in [0.05, 0.1) is 18.2 Å². The zero-order valence-electron chi connectivity index (χ0n) is 11.6. The topological polar surface area (TPSA) is 58.6 Å². The SMILES string of the molecule is CCNC(=O)C1COCCN1C(=O)c1ccc(I)c(Cl)c1. The Hall–Kier alpha value is -0.860. The van der Waals surface area contributed by atoms with Crippen LogP contribution in [0.3, 0.4) is 0 Å². The molecule has 1 N–H and O–H groups in total. The van der Waals surface area contributed by atoms with Gasteiger partial charge in [0.2, 0.25) is 5.91 Å². The molecule has 0 spiro atoms. The third kappa shape index (κ3) is 3.87. The normalized spacial score (nSPS) is 18.4. The van der Waals surface area contributed by atoms with Gasteiger partial charge >= 0.3 is 0 Å². The van der Waals surface area contributed by atoms with E-state index in [1.165, 1.54) is 0 Å². The lowest BCUT2D eigenvalue weighted by molar-refractivity contribution is -0.130. The summed E-state index contributed by atoms with van der Waals surface area (Å²) in [5.74, 6) is -0.394. The minimum absolute atomic E-state index is 0.192. The minimum Gasteiger partial charge on any atom is -0.377 e. The highest BCUT2D eigenvalue weighted by Crippen LogP contribution is 2.21. The van der Waals surface area contributed by atoms with Crippen molar-refractivity contribution in [3.05, 3.63) is 32.4 Å². The second-order valence-corrected chi connectivity index (χ2v) is 6.18. The van der Waals surface area contributed by atoms with Crippen LogP contribution in [0.4, 0.5) is 0 Å². The van der Waals surface area contributed by atoms with Crippen LogP contribution < -0.4 is 5.32 Å². The molecule has 0 aliphatic carbocycles. The molecule has 1 atom stereocenters. The van der Waals surface area contributed by atoms with Gasteiger partial charge in [-0.3, -0.25) is 9.59 Å². The van der Waals surface area contributed by atoms with Crippen molar-refractivity contribution in [1.29, 1.82) is 0 Å². The van der Waals surface area contributed by atoms with Crippen LogP contribution in [0.2, 0.25) is 5.02 Å². The van der Waals surface area contributed by atoms with E-state index in [-0.39, 0.29) is 18.4 Å². The van der Waals surface area contributed by atoms with Gasteiger partial charge in [-0.15, -0.1) is 0 Å². The number of likely N-dealkylation sites (N-methyl/N-ethyl adjacent to an activating group) is 1. The molecule has 1 fully saturated rings. The Labute approximate surface area is 142 Å². The quantitative estimate of drug-likeness (QED) is 0.757. The Morgan fingerprint density at radius 3 is 2.95 bits per heavy atom. The highest BCUT2D eigenvalue weighted by atomic mass is 127. The summed E-state index contributed by atoms with van der Waals surface area (Å²) in [6, 6.07) is 4.55. The van der Waals surface area contributed by atoms with E-state index in [1.54, 1.807) is 23.1 Å². The lowest BCUT2D eigenvalue weighted by atomic mass is 10.1. The molecule has 1 aromatic rings. The van der Waals surface area contributed by atoms with Gasteiger partial charge in [0.25, 0.3) is 5.91 Å². The molecule has 1 saturated heterocycles. The molecule has 0 aromatic heterocycles. The number of carbonyl (C=O) groups excluding carboxylic acids is 2. The van der Waals surface area contributed by atoms with Gasteiger partial charge in [0, 0.05) is 22.2 Å². The van der Waals surface area contributed by atoms with Gasteiger partial charge in [-0.05, 0) is 47.7 Å². The average Bonchev–Trinajstić information content (AvgIpc) is 2.49. The van der Waals surface area contributed by atoms with Crippen LogP contribution in [0, 0.1) is 3.57 Å². The van der Waals surface area contributed by atoms with Crippen LogP contribution >= 0.6 is 34.2 Å². The number of hydrogen-bond donors (Lipinski definition) is 1.